The quantitative estimate of drug-likeness (QED) is 0.507. The van der Waals surface area contributed by atoms with Gasteiger partial charge in [-0.3, -0.25) is 0 Å². The standard InChI is InChI=1S/Bi.Cu.H2O.H2S/h;;2*1H2. The Bertz CT molecular complexity index is 8.00. The molecule has 0 saturated carbocycles. The van der Waals surface area contributed by atoms with E-state index in [1.807, 2.05) is 0 Å². The van der Waals surface area contributed by atoms with Crippen LogP contribution in [0.4, 0.5) is 0 Å². The molecule has 0 saturated heterocycles. The van der Waals surface area contributed by atoms with E-state index in [1.54, 1.807) is 0 Å². The molecule has 0 heterocycles. The molecule has 0 aromatic carbocycles. The molecular formula is H4BiCuOS. The summed E-state index contributed by atoms with van der Waals surface area (Å²) in [7, 11) is 0. The van der Waals surface area contributed by atoms with Gasteiger partial charge < -0.3 is 5.48 Å². The summed E-state index contributed by atoms with van der Waals surface area (Å²) in [5.74, 6) is 0. The molecule has 0 rings (SSSR count). The Morgan fingerprint density at radius 2 is 1.00 bits per heavy atom. The van der Waals surface area contributed by atoms with Gasteiger partial charge in [0.05, 0.1) is 0 Å². The van der Waals surface area contributed by atoms with Crippen molar-refractivity contribution >= 4 is 39.7 Å². The molecule has 0 amide bonds. The van der Waals surface area contributed by atoms with E-state index >= 15 is 0 Å². The zero-order valence-corrected chi connectivity index (χ0v) is 7.17. The first-order valence-electron chi connectivity index (χ1n) is 0. The molecule has 0 aromatic heterocycles. The van der Waals surface area contributed by atoms with E-state index in [9.17, 15) is 0 Å². The summed E-state index contributed by atoms with van der Waals surface area (Å²) in [4.78, 5) is 0. The molecule has 0 aromatic rings. The summed E-state index contributed by atoms with van der Waals surface area (Å²) in [6.45, 7) is 0. The minimum Gasteiger partial charge on any atom is -0.412 e. The minimum absolute atomic E-state index is 0. The molecule has 4 radical (unpaired) electrons. The van der Waals surface area contributed by atoms with Crippen LogP contribution >= 0.6 is 13.5 Å². The zero-order chi connectivity index (χ0) is 0. The summed E-state index contributed by atoms with van der Waals surface area (Å²) >= 11 is 0. The molecule has 32 valence electrons. The van der Waals surface area contributed by atoms with Crippen molar-refractivity contribution in [3.63, 3.8) is 0 Å². The summed E-state index contributed by atoms with van der Waals surface area (Å²) in [5, 5.41) is 0. The first-order valence-corrected chi connectivity index (χ1v) is 0. The second kappa shape index (κ2) is 22.1. The van der Waals surface area contributed by atoms with E-state index < -0.39 is 0 Å². The van der Waals surface area contributed by atoms with Crippen LogP contribution in [-0.4, -0.2) is 31.7 Å². The third-order valence-corrected chi connectivity index (χ3v) is 0. The molecule has 0 aliphatic carbocycles. The van der Waals surface area contributed by atoms with Gasteiger partial charge in [0.25, 0.3) is 0 Å². The predicted octanol–water partition coefficient (Wildman–Crippen LogP) is -1.10. The van der Waals surface area contributed by atoms with Crippen molar-refractivity contribution in [2.24, 2.45) is 0 Å². The van der Waals surface area contributed by atoms with Crippen molar-refractivity contribution in [1.82, 2.24) is 0 Å². The van der Waals surface area contributed by atoms with Crippen molar-refractivity contribution in [3.8, 4) is 0 Å². The Hall–Kier alpha value is 1.71. The van der Waals surface area contributed by atoms with Crippen LogP contribution in [0, 0.1) is 0 Å². The molecule has 0 bridgehead atoms. The van der Waals surface area contributed by atoms with Crippen LogP contribution in [0.3, 0.4) is 0 Å². The fourth-order valence-corrected chi connectivity index (χ4v) is 0. The summed E-state index contributed by atoms with van der Waals surface area (Å²) in [6.07, 6.45) is 0. The Kier molecular flexibility index (Phi) is 239. The molecule has 0 unspecified atom stereocenters. The molecule has 4 heteroatoms. The van der Waals surface area contributed by atoms with Crippen molar-refractivity contribution in [1.29, 1.82) is 0 Å². The average molecular weight is 325 g/mol. The zero-order valence-electron chi connectivity index (χ0n) is 1.75. The maximum atomic E-state index is 0. The second-order valence-corrected chi connectivity index (χ2v) is 0. The molecule has 2 N–H and O–H groups in total. The van der Waals surface area contributed by atoms with Gasteiger partial charge >= 0.3 is 0 Å². The van der Waals surface area contributed by atoms with Gasteiger partial charge in [0.15, 0.2) is 0 Å². The van der Waals surface area contributed by atoms with E-state index in [4.69, 9.17) is 0 Å². The molecule has 1 nitrogen and oxygen atoms in total. The maximum Gasteiger partial charge on any atom is 0 e. The number of hydrogen-bond donors (Lipinski definition) is 0. The van der Waals surface area contributed by atoms with Gasteiger partial charge in [-0.15, -0.1) is 0 Å². The van der Waals surface area contributed by atoms with Gasteiger partial charge in [-0.2, -0.15) is 13.5 Å². The summed E-state index contributed by atoms with van der Waals surface area (Å²) < 4.78 is 0. The Balaban J connectivity index is 0. The average Bonchev–Trinajstić information content (AvgIpc) is 0. The van der Waals surface area contributed by atoms with Gasteiger partial charge in [0, 0.05) is 43.3 Å². The van der Waals surface area contributed by atoms with Crippen LogP contribution in [0.5, 0.6) is 0 Å². The molecule has 0 spiro atoms. The van der Waals surface area contributed by atoms with Crippen LogP contribution < -0.4 is 0 Å². The van der Waals surface area contributed by atoms with E-state index in [-0.39, 0.29) is 62.2 Å². The van der Waals surface area contributed by atoms with Crippen molar-refractivity contribution in [2.75, 3.05) is 0 Å². The molecule has 0 aliphatic rings. The summed E-state index contributed by atoms with van der Waals surface area (Å²) in [5.41, 5.74) is 0. The van der Waals surface area contributed by atoms with Crippen LogP contribution in [0.15, 0.2) is 0 Å². The van der Waals surface area contributed by atoms with Gasteiger partial charge in [-0.25, -0.2) is 0 Å². The van der Waals surface area contributed by atoms with Gasteiger partial charge in [0.2, 0.25) is 0 Å². The Labute approximate surface area is 61.9 Å². The largest absolute Gasteiger partial charge is 0.412 e. The third kappa shape index (κ3) is 9.31. The molecule has 0 aliphatic heterocycles. The van der Waals surface area contributed by atoms with E-state index in [0.717, 1.165) is 0 Å². The van der Waals surface area contributed by atoms with Crippen LogP contribution in [-0.2, 0) is 17.1 Å². The van der Waals surface area contributed by atoms with Crippen molar-refractivity contribution in [2.45, 2.75) is 0 Å². The van der Waals surface area contributed by atoms with Crippen LogP contribution in [0.25, 0.3) is 0 Å². The van der Waals surface area contributed by atoms with E-state index in [1.165, 1.54) is 0 Å². The maximum absolute atomic E-state index is 0. The molecule has 0 fully saturated rings. The van der Waals surface area contributed by atoms with E-state index in [2.05, 4.69) is 0 Å². The monoisotopic (exact) mass is 324 g/mol. The summed E-state index contributed by atoms with van der Waals surface area (Å²) in [6, 6.07) is 0. The third-order valence-electron chi connectivity index (χ3n) is 0. The first kappa shape index (κ1) is 43.3. The van der Waals surface area contributed by atoms with Crippen LogP contribution in [0.1, 0.15) is 0 Å². The second-order valence-electron chi connectivity index (χ2n) is 0. The fourth-order valence-electron chi connectivity index (χ4n) is 0. The van der Waals surface area contributed by atoms with Crippen LogP contribution in [0.2, 0.25) is 0 Å². The van der Waals surface area contributed by atoms with Crippen molar-refractivity contribution in [3.05, 3.63) is 0 Å². The van der Waals surface area contributed by atoms with Crippen molar-refractivity contribution < 1.29 is 22.5 Å². The first-order chi connectivity index (χ1) is 0. The predicted molar refractivity (Wildman–Crippen MR) is 19.7 cm³/mol. The Morgan fingerprint density at radius 3 is 1.00 bits per heavy atom. The number of rotatable bonds is 0. The SMILES string of the molecule is O.S.[Bi].[Cu]. The molecular weight excluding hydrogens is 321 g/mol. The van der Waals surface area contributed by atoms with E-state index in [0.29, 0.717) is 0 Å². The Morgan fingerprint density at radius 1 is 1.00 bits per heavy atom. The fraction of sp³-hybridized carbons (Fsp3) is 0. The topological polar surface area (TPSA) is 31.5 Å². The molecule has 4 heavy (non-hydrogen) atoms. The number of hydrogen-bond acceptors (Lipinski definition) is 0. The van der Waals surface area contributed by atoms with Gasteiger partial charge in [-0.1, -0.05) is 0 Å². The smallest absolute Gasteiger partial charge is 0 e. The normalized spacial score (nSPS) is 0. The van der Waals surface area contributed by atoms with Gasteiger partial charge in [0.1, 0.15) is 0 Å². The molecule has 0 atom stereocenters. The van der Waals surface area contributed by atoms with Gasteiger partial charge in [-0.05, 0) is 0 Å². The minimum atomic E-state index is 0.